The minimum absolute atomic E-state index is 0.0804. The molecular formula is C64H114N10O14. The predicted molar refractivity (Wildman–Crippen MR) is 337 cm³/mol. The average Bonchev–Trinajstić information content (AvgIpc) is 3.61. The summed E-state index contributed by atoms with van der Waals surface area (Å²) in [5.74, 6) is -11.6. The van der Waals surface area contributed by atoms with E-state index < -0.39 is 162 Å². The smallest absolute Gasteiger partial charge is 0.329 e. The third-order valence-electron chi connectivity index (χ3n) is 16.1. The summed E-state index contributed by atoms with van der Waals surface area (Å²) in [5, 5.41) is 34.2. The Morgan fingerprint density at radius 3 is 1.27 bits per heavy atom. The van der Waals surface area contributed by atoms with E-state index in [-0.39, 0.29) is 68.1 Å². The van der Waals surface area contributed by atoms with Crippen LogP contribution in [0.25, 0.3) is 0 Å². The maximum Gasteiger partial charge on any atom is 0.329 e. The van der Waals surface area contributed by atoms with E-state index in [1.54, 1.807) is 53.7 Å². The number of hydrogen-bond donors (Lipinski definition) is 6. The van der Waals surface area contributed by atoms with Gasteiger partial charge in [0, 0.05) is 42.3 Å². The topological polar surface area (TPSA) is 305 Å². The van der Waals surface area contributed by atoms with E-state index in [9.17, 15) is 58.2 Å². The number of ether oxygens (including phenoxy) is 1. The van der Waals surface area contributed by atoms with Gasteiger partial charge in [0.2, 0.25) is 53.2 Å². The lowest BCUT2D eigenvalue weighted by molar-refractivity contribution is -0.166. The van der Waals surface area contributed by atoms with Crippen LogP contribution in [0.15, 0.2) is 12.2 Å². The molecule has 0 bridgehead atoms. The Bertz CT molecular complexity index is 2390. The molecule has 0 aromatic carbocycles. The van der Waals surface area contributed by atoms with Gasteiger partial charge in [0.25, 0.3) is 5.91 Å². The Hall–Kier alpha value is -6.17. The molecule has 1 saturated heterocycles. The predicted octanol–water partition coefficient (Wildman–Crippen LogP) is 3.35. The number of aliphatic hydroxyl groups is 2. The van der Waals surface area contributed by atoms with Gasteiger partial charge >= 0.3 is 5.97 Å². The van der Waals surface area contributed by atoms with Crippen LogP contribution in [-0.2, 0) is 57.5 Å². The average molecular weight is 1250 g/mol. The summed E-state index contributed by atoms with van der Waals surface area (Å²) in [4.78, 5) is 167. The number of allylic oxidation sites excluding steroid dienone is 2. The number of esters is 1. The Morgan fingerprint density at radius 2 is 0.875 bits per heavy atom. The molecule has 0 aliphatic carbocycles. The monoisotopic (exact) mass is 1250 g/mol. The van der Waals surface area contributed by atoms with Gasteiger partial charge in [-0.15, -0.1) is 0 Å². The summed E-state index contributed by atoms with van der Waals surface area (Å²) in [7, 11) is 8.12. The summed E-state index contributed by atoms with van der Waals surface area (Å²) in [6, 6.07) is -12.2. The number of likely N-dealkylation sites (N-methyl/N-ethyl adjacent to an activating group) is 6. The standard InChI is InChI=1S/C64H114N10O14/c1-25-26-27-41(16)53(77)52-58(81)68-50(43(18)75)61(84)69(19)33-49(76)70(20)46(30-36(6)7)56(79)66-44(28-34(2)3)59(82)71(21)47(31-37(8)9)55(78)65-42(17)64(87)88-54(40(14)15)63(86)72(22)48(32-38(10)11)57(80)67-45(29-35(4)5)60(83)73(23)51(39(12)13)62(85)74(52)24/h25-26,34-48,50-54,75,77H,27-33H2,1-24H3,(H,65,78)(H,66,79)(H,67,80)(H,68,81)/b26-25+/t41-,42-,43-,44-,45-,46+,47-,48-,50-,51-,52-,53-,54+/m1/s1. The van der Waals surface area contributed by atoms with Crippen molar-refractivity contribution < 1.29 is 67.7 Å². The number of cyclic esters (lactones) is 1. The van der Waals surface area contributed by atoms with E-state index in [4.69, 9.17) is 4.74 Å². The molecule has 0 spiro atoms. The first-order valence-corrected chi connectivity index (χ1v) is 31.5. The molecule has 24 heteroatoms. The van der Waals surface area contributed by atoms with Crippen LogP contribution in [0.4, 0.5) is 0 Å². The van der Waals surface area contributed by atoms with Crippen LogP contribution in [0.5, 0.6) is 0 Å². The molecule has 0 aromatic rings. The molecule has 13 atom stereocenters. The van der Waals surface area contributed by atoms with Crippen molar-refractivity contribution in [2.24, 2.45) is 47.3 Å². The first kappa shape index (κ1) is 79.8. The van der Waals surface area contributed by atoms with Gasteiger partial charge in [0.15, 0.2) is 6.10 Å². The van der Waals surface area contributed by atoms with E-state index in [1.165, 1.54) is 70.8 Å². The number of nitrogens with one attached hydrogen (secondary N) is 4. The molecule has 24 nitrogen and oxygen atoms in total. The highest BCUT2D eigenvalue weighted by molar-refractivity contribution is 5.99. The third-order valence-corrected chi connectivity index (χ3v) is 16.1. The van der Waals surface area contributed by atoms with Crippen molar-refractivity contribution in [2.75, 3.05) is 48.8 Å². The Morgan fingerprint density at radius 1 is 0.477 bits per heavy atom. The number of hydrogen-bond acceptors (Lipinski definition) is 14. The lowest BCUT2D eigenvalue weighted by Crippen LogP contribution is -2.64. The molecule has 504 valence electrons. The fourth-order valence-corrected chi connectivity index (χ4v) is 10.8. The molecule has 1 heterocycles. The zero-order valence-electron chi connectivity index (χ0n) is 57.6. The SMILES string of the molecule is C/C=C/C[C@@H](C)[C@@H](O)[C@@H]1C(=O)N[C@H]([C@@H](C)O)C(=O)N(C)CC(=O)N(C)[C@@H](CC(C)C)C(=O)N[C@H](CC(C)C)C(=O)N(C)[C@H](CC(C)C)C(=O)N[C@H](C)C(=O)O[C@@H](C(C)C)C(=O)N(C)[C@H](CC(C)C)C(=O)N[C@H](CC(C)C)C(=O)N(C)[C@H](C(C)C)C(=O)N1C. The Labute approximate surface area is 525 Å². The largest absolute Gasteiger partial charge is 0.450 e. The van der Waals surface area contributed by atoms with Gasteiger partial charge in [-0.05, 0) is 107 Å². The summed E-state index contributed by atoms with van der Waals surface area (Å²) in [6.07, 6.45) is -0.368. The molecule has 1 aliphatic rings. The van der Waals surface area contributed by atoms with Crippen LogP contribution in [0.2, 0.25) is 0 Å². The second-order valence-corrected chi connectivity index (χ2v) is 27.3. The van der Waals surface area contributed by atoms with E-state index in [0.29, 0.717) is 0 Å². The van der Waals surface area contributed by atoms with Gasteiger partial charge in [-0.25, -0.2) is 4.79 Å². The lowest BCUT2D eigenvalue weighted by Gasteiger charge is -2.40. The van der Waals surface area contributed by atoms with Gasteiger partial charge < -0.3 is 65.6 Å². The van der Waals surface area contributed by atoms with Crippen molar-refractivity contribution in [3.63, 3.8) is 0 Å². The maximum atomic E-state index is 15.1. The summed E-state index contributed by atoms with van der Waals surface area (Å²) in [5.41, 5.74) is 0. The van der Waals surface area contributed by atoms with E-state index >= 15 is 4.79 Å². The van der Waals surface area contributed by atoms with E-state index in [0.717, 1.165) is 14.7 Å². The minimum Gasteiger partial charge on any atom is -0.450 e. The Balaban J connectivity index is 4.41. The number of carbonyl (C=O) groups is 11. The second kappa shape index (κ2) is 36.5. The third kappa shape index (κ3) is 23.3. The molecule has 88 heavy (non-hydrogen) atoms. The molecular weight excluding hydrogens is 1130 g/mol. The van der Waals surface area contributed by atoms with Crippen LogP contribution < -0.4 is 21.3 Å². The fraction of sp³-hybridized carbons (Fsp3) is 0.797. The first-order valence-electron chi connectivity index (χ1n) is 31.5. The van der Waals surface area contributed by atoms with E-state index in [1.807, 2.05) is 69.2 Å². The second-order valence-electron chi connectivity index (χ2n) is 27.3. The molecule has 1 rings (SSSR count). The maximum absolute atomic E-state index is 15.1. The number of amides is 10. The van der Waals surface area contributed by atoms with Crippen LogP contribution in [0.3, 0.4) is 0 Å². The highest BCUT2D eigenvalue weighted by atomic mass is 16.6. The summed E-state index contributed by atoms with van der Waals surface area (Å²) < 4.78 is 5.89. The number of nitrogens with zero attached hydrogens (tertiary/aromatic N) is 6. The summed E-state index contributed by atoms with van der Waals surface area (Å²) >= 11 is 0. The van der Waals surface area contributed by atoms with Crippen molar-refractivity contribution >= 4 is 65.0 Å². The molecule has 0 unspecified atom stereocenters. The number of carbonyl (C=O) groups excluding carboxylic acids is 11. The molecule has 0 aromatic heterocycles. The fourth-order valence-electron chi connectivity index (χ4n) is 10.8. The van der Waals surface area contributed by atoms with Crippen molar-refractivity contribution in [3.05, 3.63) is 12.2 Å². The van der Waals surface area contributed by atoms with Crippen LogP contribution in [-0.4, -0.2) is 226 Å². The molecule has 0 radical (unpaired) electrons. The molecule has 10 amide bonds. The highest BCUT2D eigenvalue weighted by Crippen LogP contribution is 2.25. The number of rotatable bonds is 17. The summed E-state index contributed by atoms with van der Waals surface area (Å²) in [6.45, 7) is 30.5. The van der Waals surface area contributed by atoms with E-state index in [2.05, 4.69) is 21.3 Å². The Kier molecular flexibility index (Phi) is 33.1. The van der Waals surface area contributed by atoms with Gasteiger partial charge in [0.05, 0.1) is 18.8 Å². The highest BCUT2D eigenvalue weighted by Gasteiger charge is 2.46. The van der Waals surface area contributed by atoms with Crippen molar-refractivity contribution in [1.82, 2.24) is 50.7 Å². The molecule has 6 N–H and O–H groups in total. The van der Waals surface area contributed by atoms with Gasteiger partial charge in [-0.3, -0.25) is 47.9 Å². The van der Waals surface area contributed by atoms with Crippen LogP contribution in [0.1, 0.15) is 163 Å². The first-order chi connectivity index (χ1) is 40.5. The molecule has 1 fully saturated rings. The van der Waals surface area contributed by atoms with Gasteiger partial charge in [0.1, 0.15) is 54.4 Å². The van der Waals surface area contributed by atoms with Crippen molar-refractivity contribution in [3.8, 4) is 0 Å². The van der Waals surface area contributed by atoms with Crippen LogP contribution in [0, 0.1) is 47.3 Å². The number of aliphatic hydroxyl groups excluding tert-OH is 2. The zero-order chi connectivity index (χ0) is 68.3. The minimum atomic E-state index is -1.75. The normalized spacial score (nSPS) is 26.7. The van der Waals surface area contributed by atoms with Gasteiger partial charge in [-0.1, -0.05) is 116 Å². The zero-order valence-corrected chi connectivity index (χ0v) is 57.6. The van der Waals surface area contributed by atoms with Gasteiger partial charge in [-0.2, -0.15) is 0 Å². The molecule has 0 saturated carbocycles. The lowest BCUT2D eigenvalue weighted by atomic mass is 9.91. The van der Waals surface area contributed by atoms with Crippen LogP contribution >= 0.6 is 0 Å². The van der Waals surface area contributed by atoms with Crippen molar-refractivity contribution in [1.29, 1.82) is 0 Å². The quantitative estimate of drug-likeness (QED) is 0.0900. The van der Waals surface area contributed by atoms with Crippen molar-refractivity contribution in [2.45, 2.75) is 236 Å². The molecule has 1 aliphatic heterocycles.